The summed E-state index contributed by atoms with van der Waals surface area (Å²) in [4.78, 5) is 1.20. The molecule has 0 aliphatic rings. The lowest BCUT2D eigenvalue weighted by Gasteiger charge is -2.07. The highest BCUT2D eigenvalue weighted by Crippen LogP contribution is 2.30. The minimum atomic E-state index is 0.330. The molecule has 0 bridgehead atoms. The number of hydrogen-bond acceptors (Lipinski definition) is 5. The molecule has 2 aromatic heterocycles. The number of rotatable bonds is 4. The van der Waals surface area contributed by atoms with E-state index in [1.807, 2.05) is 13.1 Å². The molecule has 0 aromatic carbocycles. The van der Waals surface area contributed by atoms with Gasteiger partial charge in [-0.1, -0.05) is 24.3 Å². The molecule has 2 heterocycles. The Balaban J connectivity index is 2.24. The van der Waals surface area contributed by atoms with E-state index in [-0.39, 0.29) is 0 Å². The quantitative estimate of drug-likeness (QED) is 0.891. The van der Waals surface area contributed by atoms with Crippen molar-refractivity contribution in [3.63, 3.8) is 0 Å². The summed E-state index contributed by atoms with van der Waals surface area (Å²) in [5.41, 5.74) is 0. The first kappa shape index (κ1) is 10.7. The van der Waals surface area contributed by atoms with Crippen LogP contribution < -0.4 is 5.32 Å². The second-order valence-electron chi connectivity index (χ2n) is 3.17. The molecule has 0 amide bonds. The lowest BCUT2D eigenvalue weighted by Crippen LogP contribution is -2.14. The van der Waals surface area contributed by atoms with Crippen LogP contribution in [0.25, 0.3) is 9.88 Å². The van der Waals surface area contributed by atoms with Crippen LogP contribution >= 0.6 is 22.7 Å². The van der Waals surface area contributed by atoms with Crippen LogP contribution in [-0.4, -0.2) is 17.2 Å². The summed E-state index contributed by atoms with van der Waals surface area (Å²) in [6, 6.07) is 4.45. The molecule has 0 spiro atoms. The number of nitrogens with one attached hydrogen (secondary N) is 1. The first-order valence-electron chi connectivity index (χ1n) is 4.89. The summed E-state index contributed by atoms with van der Waals surface area (Å²) >= 11 is 3.38. The fraction of sp³-hybridized carbons (Fsp3) is 0.400. The van der Waals surface area contributed by atoms with Crippen molar-refractivity contribution in [2.24, 2.45) is 0 Å². The maximum atomic E-state index is 4.23. The Morgan fingerprint density at radius 3 is 2.93 bits per heavy atom. The molecular weight excluding hydrogens is 226 g/mol. The zero-order chi connectivity index (χ0) is 10.7. The second-order valence-corrected chi connectivity index (χ2v) is 5.13. The molecule has 0 fully saturated rings. The Morgan fingerprint density at radius 2 is 2.33 bits per heavy atom. The van der Waals surface area contributed by atoms with Crippen molar-refractivity contribution in [2.45, 2.75) is 19.4 Å². The standard InChI is InChI=1S/C10H13N3S2/c1-3-7(11-2)9-12-13-10(15-9)8-5-4-6-14-8/h4-7,11H,3H2,1-2H3. The Morgan fingerprint density at radius 1 is 1.47 bits per heavy atom. The molecule has 1 unspecified atom stereocenters. The molecule has 5 heteroatoms. The average Bonchev–Trinajstić information content (AvgIpc) is 2.89. The maximum Gasteiger partial charge on any atom is 0.157 e. The summed E-state index contributed by atoms with van der Waals surface area (Å²) in [7, 11) is 1.96. The average molecular weight is 239 g/mol. The van der Waals surface area contributed by atoms with Crippen molar-refractivity contribution in [1.29, 1.82) is 0 Å². The number of hydrogen-bond donors (Lipinski definition) is 1. The summed E-state index contributed by atoms with van der Waals surface area (Å²) in [6.07, 6.45) is 1.04. The Labute approximate surface area is 97.2 Å². The third kappa shape index (κ3) is 2.25. The van der Waals surface area contributed by atoms with Gasteiger partial charge in [-0.25, -0.2) is 0 Å². The van der Waals surface area contributed by atoms with Crippen LogP contribution in [0.15, 0.2) is 17.5 Å². The lowest BCUT2D eigenvalue weighted by molar-refractivity contribution is 0.568. The monoisotopic (exact) mass is 239 g/mol. The molecule has 15 heavy (non-hydrogen) atoms. The SMILES string of the molecule is CCC(NC)c1nnc(-c2cccs2)s1. The van der Waals surface area contributed by atoms with E-state index >= 15 is 0 Å². The molecular formula is C10H13N3S2. The van der Waals surface area contributed by atoms with Gasteiger partial charge in [-0.05, 0) is 24.9 Å². The lowest BCUT2D eigenvalue weighted by atomic mass is 10.2. The van der Waals surface area contributed by atoms with Gasteiger partial charge in [0.1, 0.15) is 5.01 Å². The predicted octanol–water partition coefficient (Wildman–Crippen LogP) is 2.94. The van der Waals surface area contributed by atoms with Gasteiger partial charge in [0.25, 0.3) is 0 Å². The summed E-state index contributed by atoms with van der Waals surface area (Å²) < 4.78 is 0. The van der Waals surface area contributed by atoms with Gasteiger partial charge >= 0.3 is 0 Å². The third-order valence-corrected chi connectivity index (χ3v) is 4.30. The third-order valence-electron chi connectivity index (χ3n) is 2.23. The Kier molecular flexibility index (Phi) is 3.45. The molecule has 0 saturated carbocycles. The molecule has 0 aliphatic carbocycles. The Hall–Kier alpha value is -0.780. The number of nitrogens with zero attached hydrogens (tertiary/aromatic N) is 2. The van der Waals surface area contributed by atoms with E-state index in [0.717, 1.165) is 16.4 Å². The van der Waals surface area contributed by atoms with Crippen LogP contribution in [0.3, 0.4) is 0 Å². The summed E-state index contributed by atoms with van der Waals surface area (Å²) in [5.74, 6) is 0. The normalized spacial score (nSPS) is 12.9. The van der Waals surface area contributed by atoms with Crippen LogP contribution in [-0.2, 0) is 0 Å². The Bertz CT molecular complexity index is 404. The van der Waals surface area contributed by atoms with Gasteiger partial charge in [-0.3, -0.25) is 0 Å². The molecule has 0 radical (unpaired) electrons. The van der Waals surface area contributed by atoms with Gasteiger partial charge in [-0.2, -0.15) is 0 Å². The van der Waals surface area contributed by atoms with Crippen LogP contribution in [0.2, 0.25) is 0 Å². The van der Waals surface area contributed by atoms with Crippen LogP contribution in [0.4, 0.5) is 0 Å². The van der Waals surface area contributed by atoms with E-state index in [1.165, 1.54) is 4.88 Å². The van der Waals surface area contributed by atoms with Gasteiger partial charge in [0, 0.05) is 0 Å². The topological polar surface area (TPSA) is 37.8 Å². The van der Waals surface area contributed by atoms with Crippen molar-refractivity contribution in [3.05, 3.63) is 22.5 Å². The molecule has 1 atom stereocenters. The van der Waals surface area contributed by atoms with Crippen LogP contribution in [0.5, 0.6) is 0 Å². The van der Waals surface area contributed by atoms with E-state index in [9.17, 15) is 0 Å². The fourth-order valence-electron chi connectivity index (χ4n) is 1.38. The first-order chi connectivity index (χ1) is 7.35. The van der Waals surface area contributed by atoms with Gasteiger partial charge in [0.2, 0.25) is 0 Å². The highest BCUT2D eigenvalue weighted by Gasteiger charge is 2.13. The highest BCUT2D eigenvalue weighted by molar-refractivity contribution is 7.20. The molecule has 1 N–H and O–H groups in total. The van der Waals surface area contributed by atoms with Crippen molar-refractivity contribution in [1.82, 2.24) is 15.5 Å². The number of aromatic nitrogens is 2. The first-order valence-corrected chi connectivity index (χ1v) is 6.59. The van der Waals surface area contributed by atoms with Gasteiger partial charge < -0.3 is 5.32 Å². The van der Waals surface area contributed by atoms with E-state index < -0.39 is 0 Å². The zero-order valence-electron chi connectivity index (χ0n) is 8.73. The minimum absolute atomic E-state index is 0.330. The fourth-order valence-corrected chi connectivity index (χ4v) is 3.21. The summed E-state index contributed by atoms with van der Waals surface area (Å²) in [6.45, 7) is 2.15. The van der Waals surface area contributed by atoms with Crippen LogP contribution in [0, 0.1) is 0 Å². The van der Waals surface area contributed by atoms with Gasteiger partial charge in [-0.15, -0.1) is 21.5 Å². The minimum Gasteiger partial charge on any atom is -0.311 e. The second kappa shape index (κ2) is 4.83. The zero-order valence-corrected chi connectivity index (χ0v) is 10.4. The van der Waals surface area contributed by atoms with Crippen molar-refractivity contribution in [3.8, 4) is 9.88 Å². The van der Waals surface area contributed by atoms with E-state index in [4.69, 9.17) is 0 Å². The molecule has 2 rings (SSSR count). The largest absolute Gasteiger partial charge is 0.311 e. The van der Waals surface area contributed by atoms with E-state index in [1.54, 1.807) is 22.7 Å². The van der Waals surface area contributed by atoms with Crippen molar-refractivity contribution < 1.29 is 0 Å². The van der Waals surface area contributed by atoms with Crippen LogP contribution in [0.1, 0.15) is 24.4 Å². The van der Waals surface area contributed by atoms with Crippen molar-refractivity contribution >= 4 is 22.7 Å². The number of thiophene rings is 1. The van der Waals surface area contributed by atoms with E-state index in [0.29, 0.717) is 6.04 Å². The molecule has 80 valence electrons. The molecule has 0 aliphatic heterocycles. The molecule has 3 nitrogen and oxygen atoms in total. The van der Waals surface area contributed by atoms with E-state index in [2.05, 4.69) is 33.9 Å². The summed E-state index contributed by atoms with van der Waals surface area (Å²) in [5, 5.41) is 15.8. The van der Waals surface area contributed by atoms with Crippen molar-refractivity contribution in [2.75, 3.05) is 7.05 Å². The molecule has 0 saturated heterocycles. The highest BCUT2D eigenvalue weighted by atomic mass is 32.1. The molecule has 2 aromatic rings. The van der Waals surface area contributed by atoms with Gasteiger partial charge in [0.15, 0.2) is 5.01 Å². The predicted molar refractivity (Wildman–Crippen MR) is 65.3 cm³/mol. The maximum absolute atomic E-state index is 4.23. The van der Waals surface area contributed by atoms with Gasteiger partial charge in [0.05, 0.1) is 10.9 Å². The smallest absolute Gasteiger partial charge is 0.157 e.